The quantitative estimate of drug-likeness (QED) is 0.654. The van der Waals surface area contributed by atoms with Crippen LogP contribution in [0.2, 0.25) is 0 Å². The number of carbonyl (C=O) groups excluding carboxylic acids is 2. The number of hydrogen-bond donors (Lipinski definition) is 0. The van der Waals surface area contributed by atoms with Crippen LogP contribution in [0, 0.1) is 0 Å². The Kier molecular flexibility index (Phi) is 3.69. The van der Waals surface area contributed by atoms with Crippen molar-refractivity contribution in [2.24, 2.45) is 0 Å². The van der Waals surface area contributed by atoms with Gasteiger partial charge in [-0.15, -0.1) is 0 Å². The molecule has 1 aliphatic heterocycles. The summed E-state index contributed by atoms with van der Waals surface area (Å²) in [7, 11) is 0. The lowest BCUT2D eigenvalue weighted by molar-refractivity contribution is -0.122. The van der Waals surface area contributed by atoms with Crippen LogP contribution in [0.5, 0.6) is 0 Å². The second-order valence-electron chi connectivity index (χ2n) is 6.02. The highest BCUT2D eigenvalue weighted by Crippen LogP contribution is 2.22. The predicted octanol–water partition coefficient (Wildman–Crippen LogP) is 1.47. The summed E-state index contributed by atoms with van der Waals surface area (Å²) in [6.45, 7) is 11.0. The van der Waals surface area contributed by atoms with Gasteiger partial charge < -0.3 is 9.64 Å². The topological polar surface area (TPSA) is 49.9 Å². The van der Waals surface area contributed by atoms with Crippen LogP contribution in [-0.2, 0) is 9.53 Å². The molecular weight excluding hydrogens is 220 g/mol. The van der Waals surface area contributed by atoms with Gasteiger partial charge in [-0.1, -0.05) is 0 Å². The number of rotatable bonds is 1. The monoisotopic (exact) mass is 242 g/mol. The first-order chi connectivity index (χ1) is 7.65. The molecule has 0 saturated carbocycles. The van der Waals surface area contributed by atoms with Gasteiger partial charge in [0.1, 0.15) is 5.60 Å². The van der Waals surface area contributed by atoms with E-state index in [1.165, 1.54) is 0 Å². The molecule has 0 bridgehead atoms. The molecular formula is C12H22N2O3. The maximum atomic E-state index is 12.0. The van der Waals surface area contributed by atoms with Gasteiger partial charge >= 0.3 is 6.09 Å². The number of amides is 2. The third kappa shape index (κ3) is 3.61. The summed E-state index contributed by atoms with van der Waals surface area (Å²) in [5, 5.41) is 0. The summed E-state index contributed by atoms with van der Waals surface area (Å²) >= 11 is 0. The van der Waals surface area contributed by atoms with Crippen molar-refractivity contribution in [3.8, 4) is 0 Å². The summed E-state index contributed by atoms with van der Waals surface area (Å²) < 4.78 is 5.36. The van der Waals surface area contributed by atoms with Crippen LogP contribution >= 0.6 is 0 Å². The van der Waals surface area contributed by atoms with E-state index in [2.05, 4.69) is 0 Å². The van der Waals surface area contributed by atoms with E-state index in [1.807, 2.05) is 34.6 Å². The Hall–Kier alpha value is -1.26. The van der Waals surface area contributed by atoms with Gasteiger partial charge in [-0.2, -0.15) is 0 Å². The van der Waals surface area contributed by atoms with Crippen LogP contribution in [0.1, 0.15) is 34.6 Å². The number of hydrogen-bond acceptors (Lipinski definition) is 3. The highest BCUT2D eigenvalue weighted by Gasteiger charge is 2.38. The minimum absolute atomic E-state index is 0.312. The number of carbonyl (C=O) groups is 2. The number of ether oxygens (including phenoxy) is 1. The summed E-state index contributed by atoms with van der Waals surface area (Å²) in [6.07, 6.45) is 0.516. The fraction of sp³-hybridized carbons (Fsp3) is 0.833. The van der Waals surface area contributed by atoms with E-state index < -0.39 is 5.60 Å². The summed E-state index contributed by atoms with van der Waals surface area (Å²) in [6, 6.07) is 0. The number of piperazine rings is 1. The molecule has 1 saturated heterocycles. The fourth-order valence-corrected chi connectivity index (χ4v) is 1.94. The number of nitrogens with zero attached hydrogens (tertiary/aromatic N) is 2. The van der Waals surface area contributed by atoms with Gasteiger partial charge in [0.2, 0.25) is 6.41 Å². The maximum absolute atomic E-state index is 12.0. The lowest BCUT2D eigenvalue weighted by Gasteiger charge is -2.45. The highest BCUT2D eigenvalue weighted by atomic mass is 16.6. The summed E-state index contributed by atoms with van der Waals surface area (Å²) in [4.78, 5) is 26.1. The second kappa shape index (κ2) is 4.55. The van der Waals surface area contributed by atoms with Crippen LogP contribution in [-0.4, -0.2) is 53.1 Å². The molecule has 0 aromatic carbocycles. The van der Waals surface area contributed by atoms with Gasteiger partial charge in [0.25, 0.3) is 0 Å². The Balaban J connectivity index is 2.72. The van der Waals surface area contributed by atoms with Crippen molar-refractivity contribution < 1.29 is 14.3 Å². The first-order valence-electron chi connectivity index (χ1n) is 5.86. The molecule has 1 rings (SSSR count). The third-order valence-corrected chi connectivity index (χ3v) is 2.69. The molecule has 17 heavy (non-hydrogen) atoms. The van der Waals surface area contributed by atoms with Crippen molar-refractivity contribution in [1.82, 2.24) is 9.80 Å². The van der Waals surface area contributed by atoms with Crippen LogP contribution < -0.4 is 0 Å². The lowest BCUT2D eigenvalue weighted by atomic mass is 10.00. The fourth-order valence-electron chi connectivity index (χ4n) is 1.94. The molecule has 0 N–H and O–H groups in total. The molecule has 1 aliphatic rings. The Morgan fingerprint density at radius 3 is 2.29 bits per heavy atom. The first-order valence-corrected chi connectivity index (χ1v) is 5.86. The van der Waals surface area contributed by atoms with E-state index in [-0.39, 0.29) is 11.6 Å². The minimum Gasteiger partial charge on any atom is -0.444 e. The molecule has 0 atom stereocenters. The molecule has 5 nitrogen and oxygen atoms in total. The van der Waals surface area contributed by atoms with E-state index in [0.29, 0.717) is 19.6 Å². The molecule has 0 spiro atoms. The van der Waals surface area contributed by atoms with Crippen molar-refractivity contribution in [3.05, 3.63) is 0 Å². The molecule has 0 unspecified atom stereocenters. The van der Waals surface area contributed by atoms with Crippen molar-refractivity contribution in [2.75, 3.05) is 19.6 Å². The van der Waals surface area contributed by atoms with Crippen molar-refractivity contribution >= 4 is 12.5 Å². The Morgan fingerprint density at radius 1 is 1.29 bits per heavy atom. The molecule has 0 aromatic rings. The van der Waals surface area contributed by atoms with Gasteiger partial charge in [0, 0.05) is 19.6 Å². The van der Waals surface area contributed by atoms with Crippen molar-refractivity contribution in [1.29, 1.82) is 0 Å². The SMILES string of the molecule is CC(C)(C)OC(=O)N1CCN(C=O)CC1(C)C. The standard InChI is InChI=1S/C12H22N2O3/c1-11(2,3)17-10(16)14-7-6-13(9-15)8-12(14,4)5/h9H,6-8H2,1-5H3. The summed E-state index contributed by atoms with van der Waals surface area (Å²) in [5.41, 5.74) is -0.879. The molecule has 0 radical (unpaired) electrons. The average Bonchev–Trinajstić information content (AvgIpc) is 2.12. The van der Waals surface area contributed by atoms with Gasteiger partial charge in [-0.25, -0.2) is 4.79 Å². The Bertz CT molecular complexity index is 307. The van der Waals surface area contributed by atoms with Gasteiger partial charge in [-0.3, -0.25) is 9.69 Å². The van der Waals surface area contributed by atoms with E-state index >= 15 is 0 Å². The molecule has 5 heteroatoms. The van der Waals surface area contributed by atoms with E-state index in [9.17, 15) is 9.59 Å². The van der Waals surface area contributed by atoms with E-state index in [4.69, 9.17) is 4.74 Å². The van der Waals surface area contributed by atoms with Gasteiger partial charge in [-0.05, 0) is 34.6 Å². The lowest BCUT2D eigenvalue weighted by Crippen LogP contribution is -2.61. The Labute approximate surface area is 103 Å². The molecule has 1 heterocycles. The van der Waals surface area contributed by atoms with Crippen LogP contribution in [0.25, 0.3) is 0 Å². The van der Waals surface area contributed by atoms with Gasteiger partial charge in [0.15, 0.2) is 0 Å². The molecule has 1 fully saturated rings. The zero-order valence-electron chi connectivity index (χ0n) is 11.3. The summed E-state index contributed by atoms with van der Waals surface area (Å²) in [5.74, 6) is 0. The normalized spacial score (nSPS) is 20.1. The minimum atomic E-state index is -0.491. The van der Waals surface area contributed by atoms with Crippen LogP contribution in [0.4, 0.5) is 4.79 Å². The maximum Gasteiger partial charge on any atom is 0.410 e. The van der Waals surface area contributed by atoms with Crippen LogP contribution in [0.3, 0.4) is 0 Å². The van der Waals surface area contributed by atoms with Gasteiger partial charge in [0.05, 0.1) is 5.54 Å². The third-order valence-electron chi connectivity index (χ3n) is 2.69. The molecule has 2 amide bonds. The molecule has 0 aliphatic carbocycles. The molecule has 98 valence electrons. The zero-order chi connectivity index (χ0) is 13.3. The highest BCUT2D eigenvalue weighted by molar-refractivity contribution is 5.69. The zero-order valence-corrected chi connectivity index (χ0v) is 11.3. The average molecular weight is 242 g/mol. The first kappa shape index (κ1) is 13.8. The van der Waals surface area contributed by atoms with E-state index in [0.717, 1.165) is 6.41 Å². The second-order valence-corrected chi connectivity index (χ2v) is 6.02. The van der Waals surface area contributed by atoms with E-state index in [1.54, 1.807) is 9.80 Å². The largest absolute Gasteiger partial charge is 0.444 e. The molecule has 0 aromatic heterocycles. The van der Waals surface area contributed by atoms with Crippen LogP contribution in [0.15, 0.2) is 0 Å². The Morgan fingerprint density at radius 2 is 1.88 bits per heavy atom. The smallest absolute Gasteiger partial charge is 0.410 e. The predicted molar refractivity (Wildman–Crippen MR) is 64.7 cm³/mol. The van der Waals surface area contributed by atoms with Crippen molar-refractivity contribution in [2.45, 2.75) is 45.8 Å². The van der Waals surface area contributed by atoms with Crippen molar-refractivity contribution in [3.63, 3.8) is 0 Å².